The van der Waals surface area contributed by atoms with Gasteiger partial charge in [-0.05, 0) is 31.0 Å². The summed E-state index contributed by atoms with van der Waals surface area (Å²) in [6, 6.07) is 4.37. The SMILES string of the molecule is NC(=O)c1ccc(F)c(CNC2CCS(=O)CC2)c1. The first-order valence-corrected chi connectivity index (χ1v) is 7.71. The second kappa shape index (κ2) is 6.25. The van der Waals surface area contributed by atoms with Gasteiger partial charge >= 0.3 is 0 Å². The Morgan fingerprint density at radius 1 is 1.42 bits per heavy atom. The predicted molar refractivity (Wildman–Crippen MR) is 72.7 cm³/mol. The Labute approximate surface area is 114 Å². The number of halogens is 1. The molecule has 0 atom stereocenters. The second-order valence-corrected chi connectivity index (χ2v) is 6.37. The Morgan fingerprint density at radius 2 is 2.11 bits per heavy atom. The van der Waals surface area contributed by atoms with Crippen LogP contribution in [-0.2, 0) is 17.3 Å². The number of nitrogens with one attached hydrogen (secondary N) is 1. The maximum absolute atomic E-state index is 13.6. The van der Waals surface area contributed by atoms with Gasteiger partial charge in [-0.3, -0.25) is 9.00 Å². The monoisotopic (exact) mass is 284 g/mol. The summed E-state index contributed by atoms with van der Waals surface area (Å²) in [7, 11) is -0.698. The minimum Gasteiger partial charge on any atom is -0.366 e. The predicted octanol–water partition coefficient (Wildman–Crippen LogP) is 0.925. The number of benzene rings is 1. The van der Waals surface area contributed by atoms with E-state index in [0.29, 0.717) is 29.2 Å². The number of hydrogen-bond donors (Lipinski definition) is 2. The molecule has 0 aromatic heterocycles. The van der Waals surface area contributed by atoms with Crippen LogP contribution in [0.15, 0.2) is 18.2 Å². The van der Waals surface area contributed by atoms with Gasteiger partial charge in [0, 0.05) is 46.0 Å². The highest BCUT2D eigenvalue weighted by molar-refractivity contribution is 7.85. The summed E-state index contributed by atoms with van der Waals surface area (Å²) in [5, 5.41) is 3.24. The number of amides is 1. The number of rotatable bonds is 4. The highest BCUT2D eigenvalue weighted by Crippen LogP contribution is 2.13. The van der Waals surface area contributed by atoms with Gasteiger partial charge in [0.05, 0.1) is 0 Å². The van der Waals surface area contributed by atoms with E-state index < -0.39 is 16.7 Å². The summed E-state index contributed by atoms with van der Waals surface area (Å²) < 4.78 is 24.8. The zero-order valence-electron chi connectivity index (χ0n) is 10.5. The van der Waals surface area contributed by atoms with E-state index in [1.165, 1.54) is 18.2 Å². The first-order valence-electron chi connectivity index (χ1n) is 6.23. The van der Waals surface area contributed by atoms with Gasteiger partial charge in [0.25, 0.3) is 0 Å². The van der Waals surface area contributed by atoms with Crippen molar-refractivity contribution in [2.75, 3.05) is 11.5 Å². The zero-order chi connectivity index (χ0) is 13.8. The molecule has 1 aliphatic rings. The molecule has 1 aromatic carbocycles. The second-order valence-electron chi connectivity index (χ2n) is 4.67. The first kappa shape index (κ1) is 14.1. The van der Waals surface area contributed by atoms with Crippen LogP contribution >= 0.6 is 0 Å². The smallest absolute Gasteiger partial charge is 0.248 e. The fourth-order valence-corrected chi connectivity index (χ4v) is 3.41. The molecule has 0 saturated carbocycles. The summed E-state index contributed by atoms with van der Waals surface area (Å²) in [6.07, 6.45) is 1.67. The fourth-order valence-electron chi connectivity index (χ4n) is 2.12. The summed E-state index contributed by atoms with van der Waals surface area (Å²) in [4.78, 5) is 11.1. The van der Waals surface area contributed by atoms with Crippen molar-refractivity contribution >= 4 is 16.7 Å². The van der Waals surface area contributed by atoms with Crippen LogP contribution in [0.1, 0.15) is 28.8 Å². The standard InChI is InChI=1S/C13H17FN2O2S/c14-12-2-1-9(13(15)17)7-10(12)8-16-11-3-5-19(18)6-4-11/h1-2,7,11,16H,3-6,8H2,(H2,15,17). The van der Waals surface area contributed by atoms with E-state index in [-0.39, 0.29) is 11.9 Å². The van der Waals surface area contributed by atoms with E-state index in [1.807, 2.05) is 0 Å². The number of carbonyl (C=O) groups excluding carboxylic acids is 1. The van der Waals surface area contributed by atoms with Crippen molar-refractivity contribution in [3.8, 4) is 0 Å². The first-order chi connectivity index (χ1) is 9.06. The van der Waals surface area contributed by atoms with Gasteiger partial charge in [0.15, 0.2) is 0 Å². The maximum atomic E-state index is 13.6. The minimum atomic E-state index is -0.698. The van der Waals surface area contributed by atoms with Crippen LogP contribution in [-0.4, -0.2) is 27.7 Å². The average molecular weight is 284 g/mol. The molecule has 0 unspecified atom stereocenters. The minimum absolute atomic E-state index is 0.259. The maximum Gasteiger partial charge on any atom is 0.248 e. The van der Waals surface area contributed by atoms with Crippen molar-refractivity contribution < 1.29 is 13.4 Å². The third-order valence-electron chi connectivity index (χ3n) is 3.30. The topological polar surface area (TPSA) is 72.2 Å². The Bertz CT molecular complexity index is 497. The van der Waals surface area contributed by atoms with Crippen molar-refractivity contribution in [1.29, 1.82) is 0 Å². The van der Waals surface area contributed by atoms with Crippen LogP contribution in [0.3, 0.4) is 0 Å². The van der Waals surface area contributed by atoms with Crippen molar-refractivity contribution in [2.24, 2.45) is 5.73 Å². The molecule has 1 aromatic rings. The van der Waals surface area contributed by atoms with Crippen molar-refractivity contribution in [3.05, 3.63) is 35.1 Å². The highest BCUT2D eigenvalue weighted by Gasteiger charge is 2.17. The Balaban J connectivity index is 1.97. The largest absolute Gasteiger partial charge is 0.366 e. The third-order valence-corrected chi connectivity index (χ3v) is 4.68. The van der Waals surface area contributed by atoms with Crippen molar-refractivity contribution in [1.82, 2.24) is 5.32 Å². The van der Waals surface area contributed by atoms with E-state index >= 15 is 0 Å². The molecule has 0 bridgehead atoms. The van der Waals surface area contributed by atoms with E-state index in [9.17, 15) is 13.4 Å². The molecule has 4 nitrogen and oxygen atoms in total. The van der Waals surface area contributed by atoms with Gasteiger partial charge in [-0.15, -0.1) is 0 Å². The Kier molecular flexibility index (Phi) is 4.66. The molecule has 6 heteroatoms. The number of primary amides is 1. The molecule has 1 saturated heterocycles. The lowest BCUT2D eigenvalue weighted by atomic mass is 10.1. The lowest BCUT2D eigenvalue weighted by molar-refractivity contribution is 0.1000. The fraction of sp³-hybridized carbons (Fsp3) is 0.462. The quantitative estimate of drug-likeness (QED) is 0.864. The van der Waals surface area contributed by atoms with Gasteiger partial charge in [0.2, 0.25) is 5.91 Å². The van der Waals surface area contributed by atoms with Gasteiger partial charge in [-0.25, -0.2) is 4.39 Å². The average Bonchev–Trinajstić information content (AvgIpc) is 2.39. The molecule has 1 heterocycles. The Hall–Kier alpha value is -1.27. The molecular formula is C13H17FN2O2S. The molecule has 0 radical (unpaired) electrons. The summed E-state index contributed by atoms with van der Waals surface area (Å²) in [5.41, 5.74) is 5.91. The molecule has 1 fully saturated rings. The highest BCUT2D eigenvalue weighted by atomic mass is 32.2. The number of carbonyl (C=O) groups is 1. The lowest BCUT2D eigenvalue weighted by Gasteiger charge is -2.22. The zero-order valence-corrected chi connectivity index (χ0v) is 11.3. The van der Waals surface area contributed by atoms with Crippen LogP contribution in [0.2, 0.25) is 0 Å². The van der Waals surface area contributed by atoms with Crippen LogP contribution < -0.4 is 11.1 Å². The molecule has 0 aliphatic carbocycles. The third kappa shape index (κ3) is 3.84. The van der Waals surface area contributed by atoms with Gasteiger partial charge in [0.1, 0.15) is 5.82 Å². The molecule has 1 aliphatic heterocycles. The molecular weight excluding hydrogens is 267 g/mol. The number of hydrogen-bond acceptors (Lipinski definition) is 3. The van der Waals surface area contributed by atoms with Crippen LogP contribution in [0.5, 0.6) is 0 Å². The normalized spacial score (nSPS) is 23.2. The van der Waals surface area contributed by atoms with Gasteiger partial charge in [-0.1, -0.05) is 0 Å². The van der Waals surface area contributed by atoms with E-state index in [4.69, 9.17) is 5.73 Å². The lowest BCUT2D eigenvalue weighted by Crippen LogP contribution is -2.35. The molecule has 19 heavy (non-hydrogen) atoms. The van der Waals surface area contributed by atoms with Gasteiger partial charge < -0.3 is 11.1 Å². The molecule has 0 spiro atoms. The molecule has 1 amide bonds. The summed E-state index contributed by atoms with van der Waals surface area (Å²) in [5.74, 6) is 0.481. The molecule has 2 rings (SSSR count). The van der Waals surface area contributed by atoms with Crippen LogP contribution in [0.4, 0.5) is 4.39 Å². The molecule has 104 valence electrons. The van der Waals surface area contributed by atoms with Crippen LogP contribution in [0.25, 0.3) is 0 Å². The van der Waals surface area contributed by atoms with E-state index in [0.717, 1.165) is 12.8 Å². The van der Waals surface area contributed by atoms with E-state index in [2.05, 4.69) is 5.32 Å². The van der Waals surface area contributed by atoms with Crippen molar-refractivity contribution in [2.45, 2.75) is 25.4 Å². The Morgan fingerprint density at radius 3 is 2.74 bits per heavy atom. The van der Waals surface area contributed by atoms with Crippen LogP contribution in [0, 0.1) is 5.82 Å². The summed E-state index contributed by atoms with van der Waals surface area (Å²) in [6.45, 7) is 0.351. The van der Waals surface area contributed by atoms with Crippen molar-refractivity contribution in [3.63, 3.8) is 0 Å². The van der Waals surface area contributed by atoms with Gasteiger partial charge in [-0.2, -0.15) is 0 Å². The number of nitrogens with two attached hydrogens (primary N) is 1. The van der Waals surface area contributed by atoms with E-state index in [1.54, 1.807) is 0 Å². The summed E-state index contributed by atoms with van der Waals surface area (Å²) >= 11 is 0. The molecule has 3 N–H and O–H groups in total.